The third-order valence-electron chi connectivity index (χ3n) is 3.03. The highest BCUT2D eigenvalue weighted by Gasteiger charge is 2.20. The number of pyridine rings is 1. The zero-order valence-corrected chi connectivity index (χ0v) is 10.6. The smallest absolute Gasteiger partial charge is 0.323 e. The number of likely N-dealkylation sites (tertiary alicyclic amines) is 1. The first-order chi connectivity index (χ1) is 8.15. The second kappa shape index (κ2) is 5.36. The second-order valence-corrected chi connectivity index (χ2v) is 4.90. The van der Waals surface area contributed by atoms with Crippen molar-refractivity contribution in [2.45, 2.75) is 19.8 Å². The molecule has 1 aromatic rings. The third-order valence-corrected chi connectivity index (χ3v) is 3.26. The molecule has 1 fully saturated rings. The second-order valence-electron chi connectivity index (χ2n) is 4.46. The third kappa shape index (κ3) is 3.33. The van der Waals surface area contributed by atoms with E-state index in [9.17, 15) is 4.79 Å². The highest BCUT2D eigenvalue weighted by Crippen LogP contribution is 2.17. The number of rotatable bonds is 1. The molecule has 17 heavy (non-hydrogen) atoms. The topological polar surface area (TPSA) is 45.2 Å². The van der Waals surface area contributed by atoms with Crippen LogP contribution in [0.25, 0.3) is 0 Å². The zero-order valence-electron chi connectivity index (χ0n) is 9.82. The number of amides is 2. The molecule has 1 aliphatic rings. The van der Waals surface area contributed by atoms with Crippen molar-refractivity contribution in [3.8, 4) is 0 Å². The molecule has 2 heterocycles. The van der Waals surface area contributed by atoms with Gasteiger partial charge in [-0.15, -0.1) is 0 Å². The fourth-order valence-corrected chi connectivity index (χ4v) is 1.96. The summed E-state index contributed by atoms with van der Waals surface area (Å²) in [6.45, 7) is 3.86. The number of urea groups is 1. The Morgan fingerprint density at radius 1 is 1.47 bits per heavy atom. The molecule has 1 N–H and O–H groups in total. The molecule has 5 heteroatoms. The number of nitrogens with zero attached hydrogens (tertiary/aromatic N) is 2. The maximum atomic E-state index is 11.9. The number of hydrogen-bond donors (Lipinski definition) is 1. The first kappa shape index (κ1) is 12.2. The minimum Gasteiger partial charge on any atom is -0.324 e. The molecule has 0 atom stereocenters. The van der Waals surface area contributed by atoms with Crippen molar-refractivity contribution in [3.05, 3.63) is 23.4 Å². The Hall–Kier alpha value is -1.29. The Morgan fingerprint density at radius 3 is 2.76 bits per heavy atom. The first-order valence-electron chi connectivity index (χ1n) is 5.82. The average Bonchev–Trinajstić information content (AvgIpc) is 2.33. The molecule has 0 unspecified atom stereocenters. The highest BCUT2D eigenvalue weighted by atomic mass is 35.5. The van der Waals surface area contributed by atoms with Crippen molar-refractivity contribution >= 4 is 23.4 Å². The minimum absolute atomic E-state index is 0.0771. The molecular weight excluding hydrogens is 238 g/mol. The minimum atomic E-state index is -0.0771. The van der Waals surface area contributed by atoms with Gasteiger partial charge in [0, 0.05) is 19.3 Å². The van der Waals surface area contributed by atoms with Crippen molar-refractivity contribution in [2.75, 3.05) is 18.4 Å². The van der Waals surface area contributed by atoms with Gasteiger partial charge in [0.1, 0.15) is 5.82 Å². The summed E-state index contributed by atoms with van der Waals surface area (Å²) in [5, 5.41) is 3.34. The molecule has 2 rings (SSSR count). The van der Waals surface area contributed by atoms with Crippen LogP contribution in [0.5, 0.6) is 0 Å². The van der Waals surface area contributed by atoms with E-state index in [0.717, 1.165) is 25.9 Å². The number of halogens is 1. The quantitative estimate of drug-likeness (QED) is 0.836. The number of aromatic nitrogens is 1. The maximum Gasteiger partial charge on any atom is 0.323 e. The molecule has 4 nitrogen and oxygen atoms in total. The lowest BCUT2D eigenvalue weighted by Gasteiger charge is -2.30. The van der Waals surface area contributed by atoms with Crippen molar-refractivity contribution in [3.63, 3.8) is 0 Å². The molecule has 1 saturated heterocycles. The van der Waals surface area contributed by atoms with E-state index in [0.29, 0.717) is 16.8 Å². The van der Waals surface area contributed by atoms with Gasteiger partial charge >= 0.3 is 6.03 Å². The summed E-state index contributed by atoms with van der Waals surface area (Å²) in [5.41, 5.74) is 0. The van der Waals surface area contributed by atoms with Crippen LogP contribution >= 0.6 is 11.6 Å². The molecule has 1 aliphatic heterocycles. The van der Waals surface area contributed by atoms with Crippen LogP contribution in [-0.4, -0.2) is 29.0 Å². The van der Waals surface area contributed by atoms with Gasteiger partial charge in [-0.05, 0) is 30.9 Å². The van der Waals surface area contributed by atoms with Gasteiger partial charge in [-0.1, -0.05) is 18.5 Å². The molecule has 0 radical (unpaired) electrons. The van der Waals surface area contributed by atoms with E-state index >= 15 is 0 Å². The fourth-order valence-electron chi connectivity index (χ4n) is 1.85. The van der Waals surface area contributed by atoms with E-state index in [1.807, 2.05) is 4.90 Å². The number of nitrogens with one attached hydrogen (secondary N) is 1. The number of carbonyl (C=O) groups is 1. The predicted octanol–water partition coefficient (Wildman–Crippen LogP) is 3.00. The van der Waals surface area contributed by atoms with Gasteiger partial charge in [0.15, 0.2) is 0 Å². The monoisotopic (exact) mass is 253 g/mol. The standard InChI is InChI=1S/C12H16ClN3O/c1-9-4-6-16(7-5-9)12(17)15-11-3-2-10(13)8-14-11/h2-3,8-9H,4-7H2,1H3,(H,14,15,17). The van der Waals surface area contributed by atoms with E-state index in [-0.39, 0.29) is 6.03 Å². The maximum absolute atomic E-state index is 11.9. The van der Waals surface area contributed by atoms with Gasteiger partial charge in [-0.2, -0.15) is 0 Å². The number of anilines is 1. The van der Waals surface area contributed by atoms with E-state index in [4.69, 9.17) is 11.6 Å². The molecule has 0 saturated carbocycles. The van der Waals surface area contributed by atoms with Crippen LogP contribution in [0.1, 0.15) is 19.8 Å². The van der Waals surface area contributed by atoms with Gasteiger partial charge in [-0.25, -0.2) is 9.78 Å². The summed E-state index contributed by atoms with van der Waals surface area (Å²) in [5.74, 6) is 1.26. The number of piperidine rings is 1. The van der Waals surface area contributed by atoms with Crippen LogP contribution in [0, 0.1) is 5.92 Å². The fraction of sp³-hybridized carbons (Fsp3) is 0.500. The van der Waals surface area contributed by atoms with Crippen molar-refractivity contribution < 1.29 is 4.79 Å². The van der Waals surface area contributed by atoms with E-state index < -0.39 is 0 Å². The van der Waals surface area contributed by atoms with E-state index in [2.05, 4.69) is 17.2 Å². The highest BCUT2D eigenvalue weighted by molar-refractivity contribution is 6.30. The molecule has 0 spiro atoms. The molecule has 0 aromatic carbocycles. The summed E-state index contributed by atoms with van der Waals surface area (Å²) in [6.07, 6.45) is 3.67. The first-order valence-corrected chi connectivity index (χ1v) is 6.20. The molecule has 1 aromatic heterocycles. The lowest BCUT2D eigenvalue weighted by Crippen LogP contribution is -2.40. The van der Waals surface area contributed by atoms with Crippen molar-refractivity contribution in [2.24, 2.45) is 5.92 Å². The Bertz CT molecular complexity index is 385. The average molecular weight is 254 g/mol. The van der Waals surface area contributed by atoms with Crippen LogP contribution in [0.3, 0.4) is 0 Å². The molecule has 2 amide bonds. The van der Waals surface area contributed by atoms with Gasteiger partial charge in [-0.3, -0.25) is 5.32 Å². The normalized spacial score (nSPS) is 16.9. The summed E-state index contributed by atoms with van der Waals surface area (Å²) < 4.78 is 0. The zero-order chi connectivity index (χ0) is 12.3. The van der Waals surface area contributed by atoms with Crippen LogP contribution in [-0.2, 0) is 0 Å². The van der Waals surface area contributed by atoms with Crippen LogP contribution < -0.4 is 5.32 Å². The van der Waals surface area contributed by atoms with Gasteiger partial charge in [0.05, 0.1) is 5.02 Å². The van der Waals surface area contributed by atoms with Gasteiger partial charge in [0.25, 0.3) is 0 Å². The molecule has 0 bridgehead atoms. The van der Waals surface area contributed by atoms with Gasteiger partial charge < -0.3 is 4.90 Å². The Kier molecular flexibility index (Phi) is 3.84. The Labute approximate surface area is 106 Å². The molecule has 0 aliphatic carbocycles. The van der Waals surface area contributed by atoms with Crippen LogP contribution in [0.15, 0.2) is 18.3 Å². The van der Waals surface area contributed by atoms with E-state index in [1.54, 1.807) is 12.1 Å². The van der Waals surface area contributed by atoms with Crippen LogP contribution in [0.4, 0.5) is 10.6 Å². The summed E-state index contributed by atoms with van der Waals surface area (Å²) in [7, 11) is 0. The SMILES string of the molecule is CC1CCN(C(=O)Nc2ccc(Cl)cn2)CC1. The Balaban J connectivity index is 1.90. The van der Waals surface area contributed by atoms with Crippen molar-refractivity contribution in [1.82, 2.24) is 9.88 Å². The molecule has 92 valence electrons. The number of carbonyl (C=O) groups excluding carboxylic acids is 1. The lowest BCUT2D eigenvalue weighted by atomic mass is 10.00. The summed E-state index contributed by atoms with van der Waals surface area (Å²) >= 11 is 5.73. The predicted molar refractivity (Wildman–Crippen MR) is 68.2 cm³/mol. The largest absolute Gasteiger partial charge is 0.324 e. The number of hydrogen-bond acceptors (Lipinski definition) is 2. The summed E-state index contributed by atoms with van der Waals surface area (Å²) in [4.78, 5) is 17.8. The van der Waals surface area contributed by atoms with Gasteiger partial charge in [0.2, 0.25) is 0 Å². The van der Waals surface area contributed by atoms with E-state index in [1.165, 1.54) is 6.20 Å². The summed E-state index contributed by atoms with van der Waals surface area (Å²) in [6, 6.07) is 3.33. The van der Waals surface area contributed by atoms with Crippen molar-refractivity contribution in [1.29, 1.82) is 0 Å². The Morgan fingerprint density at radius 2 is 2.18 bits per heavy atom. The lowest BCUT2D eigenvalue weighted by molar-refractivity contribution is 0.186. The van der Waals surface area contributed by atoms with Crippen LogP contribution in [0.2, 0.25) is 5.02 Å². The molecular formula is C12H16ClN3O.